The van der Waals surface area contributed by atoms with Gasteiger partial charge in [-0.1, -0.05) is 54.1 Å². The van der Waals surface area contributed by atoms with Gasteiger partial charge in [-0.25, -0.2) is 19.6 Å². The van der Waals surface area contributed by atoms with Crippen LogP contribution < -0.4 is 15.5 Å². The molecule has 7 rings (SSSR count). The number of likely N-dealkylation sites (tertiary alicyclic amines) is 2. The van der Waals surface area contributed by atoms with Crippen molar-refractivity contribution in [1.82, 2.24) is 35.4 Å². The lowest BCUT2D eigenvalue weighted by Crippen LogP contribution is -2.64. The van der Waals surface area contributed by atoms with Gasteiger partial charge in [0.15, 0.2) is 0 Å². The van der Waals surface area contributed by atoms with E-state index in [0.717, 1.165) is 73.3 Å². The summed E-state index contributed by atoms with van der Waals surface area (Å²) in [5.41, 5.74) is 0.649. The lowest BCUT2D eigenvalue weighted by Gasteiger charge is -2.42. The third-order valence-electron chi connectivity index (χ3n) is 11.9. The van der Waals surface area contributed by atoms with Gasteiger partial charge in [-0.15, -0.1) is 0 Å². The van der Waals surface area contributed by atoms with Gasteiger partial charge in [-0.05, 0) is 95.0 Å². The van der Waals surface area contributed by atoms with Crippen molar-refractivity contribution in [2.24, 2.45) is 0 Å². The van der Waals surface area contributed by atoms with Crippen LogP contribution in [-0.4, -0.2) is 125 Å². The van der Waals surface area contributed by atoms with Gasteiger partial charge in [0.1, 0.15) is 35.5 Å². The molecule has 0 aliphatic carbocycles. The first kappa shape index (κ1) is 45.1. The number of rotatable bonds is 15. The molecule has 2 aromatic heterocycles. The lowest BCUT2D eigenvalue weighted by atomic mass is 9.85. The molecule has 4 aromatic rings. The number of carbonyl (C=O) groups is 3. The molecule has 3 saturated heterocycles. The fourth-order valence-electron chi connectivity index (χ4n) is 8.46. The molecule has 3 aliphatic rings. The summed E-state index contributed by atoms with van der Waals surface area (Å²) in [5.74, 6) is 0.499. The first-order valence-corrected chi connectivity index (χ1v) is 22.3. The van der Waals surface area contributed by atoms with Crippen molar-refractivity contribution in [3.05, 3.63) is 89.3 Å². The Bertz CT molecular complexity index is 2060. The summed E-state index contributed by atoms with van der Waals surface area (Å²) in [6, 6.07) is 18.7. The van der Waals surface area contributed by atoms with Gasteiger partial charge in [-0.2, -0.15) is 0 Å². The number of amides is 3. The number of carbonyl (C=O) groups excluding carboxylic acids is 3. The number of anilines is 1. The maximum absolute atomic E-state index is 14.5. The second-order valence-corrected chi connectivity index (χ2v) is 18.0. The maximum atomic E-state index is 14.5. The van der Waals surface area contributed by atoms with Crippen LogP contribution in [0.2, 0.25) is 5.02 Å². The summed E-state index contributed by atoms with van der Waals surface area (Å²) in [6.45, 7) is 11.6. The van der Waals surface area contributed by atoms with Crippen LogP contribution >= 0.6 is 11.6 Å². The zero-order valence-electron chi connectivity index (χ0n) is 36.2. The maximum Gasteiger partial charge on any atom is 0.410 e. The summed E-state index contributed by atoms with van der Waals surface area (Å²) >= 11 is 6.27. The molecule has 15 nitrogen and oxygen atoms in total. The number of alkyl carbamates (subject to hydrolysis) is 1. The Kier molecular flexibility index (Phi) is 15.2. The van der Waals surface area contributed by atoms with Crippen molar-refractivity contribution in [1.29, 1.82) is 0 Å². The number of fused-ring (bicyclic) bond motifs is 1. The number of hydrogen-bond donors (Lipinski definition) is 3. The highest BCUT2D eigenvalue weighted by Gasteiger charge is 2.45. The molecule has 3 N–H and O–H groups in total. The van der Waals surface area contributed by atoms with Crippen molar-refractivity contribution >= 4 is 46.5 Å². The summed E-state index contributed by atoms with van der Waals surface area (Å²) in [6.07, 6.45) is 7.55. The van der Waals surface area contributed by atoms with E-state index in [4.69, 9.17) is 30.5 Å². The van der Waals surface area contributed by atoms with Crippen molar-refractivity contribution in [2.45, 2.75) is 102 Å². The molecular weight excluding hydrogens is 812 g/mol. The highest BCUT2D eigenvalue weighted by atomic mass is 35.5. The van der Waals surface area contributed by atoms with E-state index in [1.165, 1.54) is 6.33 Å². The number of H-pyrrole nitrogens is 1. The molecular formula is C46H61ClN8O7. The SMILES string of the molecule is CC(C)(C)OC(=O)NC1(C(=O)N[C@@H](CCOCCN2CCC(OC3CCN(C(=O)OCc4ccccc4)CC3)CC2)c2ccc(Cl)cc2)CCN(c2ncnc3[nH]ccc23)CC1. The number of benzene rings is 2. The van der Waals surface area contributed by atoms with Crippen molar-refractivity contribution < 1.29 is 33.3 Å². The monoisotopic (exact) mass is 872 g/mol. The Morgan fingerprint density at radius 2 is 1.58 bits per heavy atom. The minimum atomic E-state index is -1.22. The fraction of sp³-hybridized carbons (Fsp3) is 0.543. The third-order valence-corrected chi connectivity index (χ3v) is 12.2. The molecule has 334 valence electrons. The lowest BCUT2D eigenvalue weighted by molar-refractivity contribution is -0.129. The van der Waals surface area contributed by atoms with Crippen molar-refractivity contribution in [2.75, 3.05) is 63.9 Å². The van der Waals surface area contributed by atoms with Gasteiger partial charge in [0.2, 0.25) is 5.91 Å². The number of hydrogen-bond acceptors (Lipinski definition) is 11. The van der Waals surface area contributed by atoms with E-state index in [1.54, 1.807) is 25.7 Å². The van der Waals surface area contributed by atoms with Crippen LogP contribution in [0.4, 0.5) is 15.4 Å². The summed E-state index contributed by atoms with van der Waals surface area (Å²) < 4.78 is 23.9. The highest BCUT2D eigenvalue weighted by molar-refractivity contribution is 6.30. The molecule has 0 unspecified atom stereocenters. The first-order chi connectivity index (χ1) is 29.9. The number of nitrogens with one attached hydrogen (secondary N) is 3. The minimum absolute atomic E-state index is 0.151. The Hall–Kier alpha value is -4.96. The standard InChI is InChI=1S/C46H61ClN8O7/c1-45(2,3)62-43(57)52-46(19-26-54(27-20-46)41-38-13-21-48-40(38)49-32-50-41)42(56)51-39(34-9-11-35(47)12-10-34)18-29-59-30-28-53-22-14-36(15-23-53)61-37-16-24-55(25-17-37)44(58)60-31-33-7-5-4-6-8-33/h4-13,21,32,36-37,39H,14-20,22-31H2,1-3H3,(H,51,56)(H,52,57)(H,48,49,50)/t39-/m0/s1. The molecule has 5 heterocycles. The molecule has 1 atom stereocenters. The van der Waals surface area contributed by atoms with E-state index in [-0.39, 0.29) is 30.8 Å². The molecule has 0 radical (unpaired) electrons. The predicted octanol–water partition coefficient (Wildman–Crippen LogP) is 7.02. The van der Waals surface area contributed by atoms with E-state index in [9.17, 15) is 14.4 Å². The quantitative estimate of drug-likeness (QED) is 0.105. The fourth-order valence-corrected chi connectivity index (χ4v) is 8.58. The smallest absolute Gasteiger partial charge is 0.410 e. The van der Waals surface area contributed by atoms with Gasteiger partial charge in [0.25, 0.3) is 0 Å². The van der Waals surface area contributed by atoms with Gasteiger partial charge >= 0.3 is 12.2 Å². The van der Waals surface area contributed by atoms with Crippen LogP contribution in [0, 0.1) is 0 Å². The molecule has 3 amide bonds. The van der Waals surface area contributed by atoms with Crippen LogP contribution in [0.15, 0.2) is 73.2 Å². The number of ether oxygens (including phenoxy) is 4. The molecule has 16 heteroatoms. The molecule has 2 aromatic carbocycles. The number of aromatic nitrogens is 3. The Morgan fingerprint density at radius 1 is 0.887 bits per heavy atom. The van der Waals surface area contributed by atoms with Gasteiger partial charge in [-0.3, -0.25) is 4.79 Å². The number of piperidine rings is 3. The zero-order chi connectivity index (χ0) is 43.5. The van der Waals surface area contributed by atoms with Gasteiger partial charge in [0.05, 0.1) is 30.2 Å². The minimum Gasteiger partial charge on any atom is -0.445 e. The first-order valence-electron chi connectivity index (χ1n) is 21.9. The van der Waals surface area contributed by atoms with Crippen molar-refractivity contribution in [3.8, 4) is 0 Å². The highest BCUT2D eigenvalue weighted by Crippen LogP contribution is 2.31. The van der Waals surface area contributed by atoms with E-state index in [1.807, 2.05) is 66.9 Å². The molecule has 0 saturated carbocycles. The van der Waals surface area contributed by atoms with Crippen LogP contribution in [0.25, 0.3) is 11.0 Å². The van der Waals surface area contributed by atoms with Crippen LogP contribution in [0.1, 0.15) is 82.9 Å². The van der Waals surface area contributed by atoms with E-state index in [2.05, 4.69) is 35.4 Å². The van der Waals surface area contributed by atoms with E-state index >= 15 is 0 Å². The molecule has 3 aliphatic heterocycles. The van der Waals surface area contributed by atoms with E-state index < -0.39 is 23.3 Å². The van der Waals surface area contributed by atoms with Gasteiger partial charge < -0.3 is 49.3 Å². The molecule has 3 fully saturated rings. The van der Waals surface area contributed by atoms with E-state index in [0.29, 0.717) is 63.7 Å². The van der Waals surface area contributed by atoms with Crippen LogP contribution in [-0.2, 0) is 30.3 Å². The molecule has 0 bridgehead atoms. The summed E-state index contributed by atoms with van der Waals surface area (Å²) in [7, 11) is 0. The van der Waals surface area contributed by atoms with Crippen LogP contribution in [0.3, 0.4) is 0 Å². The summed E-state index contributed by atoms with van der Waals surface area (Å²) in [4.78, 5) is 58.7. The molecule has 0 spiro atoms. The van der Waals surface area contributed by atoms with Crippen LogP contribution in [0.5, 0.6) is 0 Å². The third kappa shape index (κ3) is 12.4. The Morgan fingerprint density at radius 3 is 2.27 bits per heavy atom. The normalized spacial score (nSPS) is 18.3. The second-order valence-electron chi connectivity index (χ2n) is 17.5. The molecule has 62 heavy (non-hydrogen) atoms. The Balaban J connectivity index is 0.868. The van der Waals surface area contributed by atoms with Gasteiger partial charge in [0, 0.05) is 63.6 Å². The Labute approximate surface area is 369 Å². The average Bonchev–Trinajstić information content (AvgIpc) is 3.76. The zero-order valence-corrected chi connectivity index (χ0v) is 36.9. The predicted molar refractivity (Wildman–Crippen MR) is 237 cm³/mol. The average molecular weight is 873 g/mol. The second kappa shape index (κ2) is 20.9. The topological polar surface area (TPSA) is 163 Å². The number of halogens is 1. The number of nitrogens with zero attached hydrogens (tertiary/aromatic N) is 5. The summed E-state index contributed by atoms with van der Waals surface area (Å²) in [5, 5.41) is 7.76. The van der Waals surface area contributed by atoms with Crippen molar-refractivity contribution in [3.63, 3.8) is 0 Å². The number of aromatic amines is 1. The largest absolute Gasteiger partial charge is 0.445 e.